The van der Waals surface area contributed by atoms with Gasteiger partial charge in [-0.15, -0.1) is 0 Å². The maximum Gasteiger partial charge on any atom is 0.169 e. The average Bonchev–Trinajstić information content (AvgIpc) is 2.36. The van der Waals surface area contributed by atoms with E-state index in [9.17, 15) is 0 Å². The van der Waals surface area contributed by atoms with Gasteiger partial charge in [0, 0.05) is 27.7 Å². The molecule has 0 fully saturated rings. The summed E-state index contributed by atoms with van der Waals surface area (Å²) in [6.07, 6.45) is 39.3. The van der Waals surface area contributed by atoms with E-state index in [1.807, 2.05) is 26.0 Å². The molecule has 0 saturated carbocycles. The zero-order chi connectivity index (χ0) is 62.2. The van der Waals surface area contributed by atoms with Crippen molar-refractivity contribution < 1.29 is 8.78 Å². The van der Waals surface area contributed by atoms with Crippen LogP contribution in [0.25, 0.3) is 27.9 Å². The molecule has 0 bridgehead atoms. The molecule has 4 aromatic rings. The molecule has 1 aliphatic rings. The number of aryl methyl sites for hydroxylation is 2. The van der Waals surface area contributed by atoms with Crippen molar-refractivity contribution in [2.75, 3.05) is 0 Å². The SMILES string of the molecule is C=C(C(=Nc1c(C)c(/C(C)=C/C=C(\C)C(C)(C)C)c(F)c(F)c1/C(=C/C=C(\C)c1ccc2c(c1)C(CCCCCCCC)(CCCCCCCC)C(/C=C/C(C)(C)C)=C2/C=C\C)CCC)c1ccc(CC)cc1)c1ccc(CC)cc1.CCC. The molecule has 0 radical (unpaired) electrons. The van der Waals surface area contributed by atoms with E-state index in [-0.39, 0.29) is 27.4 Å². The van der Waals surface area contributed by atoms with Gasteiger partial charge in [-0.3, -0.25) is 0 Å². The molecule has 84 heavy (non-hydrogen) atoms. The summed E-state index contributed by atoms with van der Waals surface area (Å²) in [4.78, 5) is 5.57. The molecule has 0 unspecified atom stereocenters. The van der Waals surface area contributed by atoms with Crippen LogP contribution in [0.15, 0.2) is 138 Å². The highest BCUT2D eigenvalue weighted by atomic mass is 19.2. The summed E-state index contributed by atoms with van der Waals surface area (Å²) in [5, 5.41) is 0. The number of aliphatic imine (C=N–C) groups is 1. The zero-order valence-electron chi connectivity index (χ0n) is 56.3. The van der Waals surface area contributed by atoms with Crippen molar-refractivity contribution >= 4 is 39.3 Å². The number of allylic oxidation sites excluding steroid dienone is 15. The summed E-state index contributed by atoms with van der Waals surface area (Å²) in [6.45, 7) is 43.6. The van der Waals surface area contributed by atoms with Gasteiger partial charge < -0.3 is 0 Å². The van der Waals surface area contributed by atoms with Crippen LogP contribution >= 0.6 is 0 Å². The van der Waals surface area contributed by atoms with Crippen molar-refractivity contribution in [3.05, 3.63) is 200 Å². The number of hydrogen-bond donors (Lipinski definition) is 0. The van der Waals surface area contributed by atoms with Crippen LogP contribution in [-0.4, -0.2) is 5.71 Å². The minimum absolute atomic E-state index is 0.0306. The first-order chi connectivity index (χ1) is 40.0. The second-order valence-corrected chi connectivity index (χ2v) is 26.2. The van der Waals surface area contributed by atoms with Gasteiger partial charge in [0.25, 0.3) is 0 Å². The highest BCUT2D eigenvalue weighted by molar-refractivity contribution is 6.32. The number of halogens is 2. The van der Waals surface area contributed by atoms with E-state index in [0.29, 0.717) is 34.5 Å². The molecule has 0 N–H and O–H groups in total. The fraction of sp³-hybridized carbons (Fsp3) is 0.494. The van der Waals surface area contributed by atoms with Gasteiger partial charge in [-0.2, -0.15) is 0 Å². The Morgan fingerprint density at radius 3 is 1.58 bits per heavy atom. The second kappa shape index (κ2) is 34.5. The van der Waals surface area contributed by atoms with Gasteiger partial charge in [0.05, 0.1) is 11.4 Å². The molecule has 0 aliphatic heterocycles. The topological polar surface area (TPSA) is 12.4 Å². The van der Waals surface area contributed by atoms with Crippen LogP contribution in [0.1, 0.15) is 282 Å². The fourth-order valence-corrected chi connectivity index (χ4v) is 11.5. The van der Waals surface area contributed by atoms with E-state index < -0.39 is 11.6 Å². The lowest BCUT2D eigenvalue weighted by Gasteiger charge is -2.34. The number of fused-ring (bicyclic) bond motifs is 1. The smallest absolute Gasteiger partial charge is 0.169 e. The Labute approximate surface area is 513 Å². The Morgan fingerprint density at radius 1 is 0.583 bits per heavy atom. The quantitative estimate of drug-likeness (QED) is 0.0292. The molecule has 0 heterocycles. The molecule has 0 amide bonds. The van der Waals surface area contributed by atoms with Gasteiger partial charge >= 0.3 is 0 Å². The van der Waals surface area contributed by atoms with Crippen LogP contribution in [-0.2, 0) is 18.3 Å². The lowest BCUT2D eigenvalue weighted by molar-refractivity contribution is 0.394. The number of unbranched alkanes of at least 4 members (excludes halogenated alkanes) is 10. The summed E-state index contributed by atoms with van der Waals surface area (Å²) in [5.74, 6) is -1.73. The standard InChI is InChI=1S/C78H105F2N.C3H8/c1-18-24-26-28-30-32-51-78(52-33-31-29-27-25-19-2)68(50-53-76(12,13)14)66(35-21-4)67-49-48-65(54-69(67)78)55(7)37-43-63(34-20-3)71-73(80)72(79)70(56(8)36-38-57(9)77(15,16)17)59(11)75(71)81-74(64-46-41-61(23-6)42-47-64)58(10)62-44-39-60(22-5)40-45-62;1-3-2/h21,35-50,53-54H,10,18-20,22-34,51-52H2,1-9,11-17H3;3H2,1-2H3/b35-21-,53-50+,55-37+,56-36+,57-38+,63-43+,81-74?;. The third-order valence-electron chi connectivity index (χ3n) is 17.1. The lowest BCUT2D eigenvalue weighted by Crippen LogP contribution is -2.27. The van der Waals surface area contributed by atoms with Gasteiger partial charge in [-0.25, -0.2) is 13.8 Å². The van der Waals surface area contributed by atoms with Crippen LogP contribution in [0, 0.1) is 29.4 Å². The molecule has 0 saturated heterocycles. The zero-order valence-corrected chi connectivity index (χ0v) is 56.3. The summed E-state index contributed by atoms with van der Waals surface area (Å²) in [7, 11) is 0. The third-order valence-corrected chi connectivity index (χ3v) is 17.1. The molecule has 1 nitrogen and oxygen atoms in total. The number of benzene rings is 4. The molecule has 5 rings (SSSR count). The maximum atomic E-state index is 17.9. The first-order valence-corrected chi connectivity index (χ1v) is 33.0. The minimum Gasteiger partial charge on any atom is -0.247 e. The molecule has 1 aliphatic carbocycles. The van der Waals surface area contributed by atoms with E-state index in [1.54, 1.807) is 0 Å². The van der Waals surface area contributed by atoms with Crippen LogP contribution < -0.4 is 0 Å². The molecule has 0 atom stereocenters. The highest BCUT2D eigenvalue weighted by Crippen LogP contribution is 2.54. The molecular weight excluding hydrogens is 1020 g/mol. The predicted octanol–water partition coefficient (Wildman–Crippen LogP) is 26.0. The van der Waals surface area contributed by atoms with Crippen LogP contribution in [0.2, 0.25) is 0 Å². The highest BCUT2D eigenvalue weighted by Gasteiger charge is 2.43. The largest absolute Gasteiger partial charge is 0.247 e. The maximum absolute atomic E-state index is 17.9. The average molecular weight is 1140 g/mol. The van der Waals surface area contributed by atoms with Crippen LogP contribution in [0.5, 0.6) is 0 Å². The van der Waals surface area contributed by atoms with Crippen molar-refractivity contribution in [2.24, 2.45) is 15.8 Å². The van der Waals surface area contributed by atoms with Crippen molar-refractivity contribution in [3.63, 3.8) is 0 Å². The number of nitrogens with zero attached hydrogens (tertiary/aromatic N) is 1. The van der Waals surface area contributed by atoms with Gasteiger partial charge in [0.15, 0.2) is 11.6 Å². The summed E-state index contributed by atoms with van der Waals surface area (Å²) in [6, 6.07) is 24.1. The first kappa shape index (κ1) is 70.8. The Balaban J connectivity index is 0.00000493. The van der Waals surface area contributed by atoms with Crippen LogP contribution in [0.3, 0.4) is 0 Å². The summed E-state index contributed by atoms with van der Waals surface area (Å²) in [5.41, 5.74) is 17.1. The molecule has 3 heteroatoms. The monoisotopic (exact) mass is 1140 g/mol. The second-order valence-electron chi connectivity index (χ2n) is 26.2. The molecule has 0 aromatic heterocycles. The molecule has 456 valence electrons. The number of rotatable bonds is 29. The Bertz CT molecular complexity index is 2990. The van der Waals surface area contributed by atoms with Crippen LogP contribution in [0.4, 0.5) is 14.5 Å². The predicted molar refractivity (Wildman–Crippen MR) is 372 cm³/mol. The van der Waals surface area contributed by atoms with E-state index in [1.165, 1.54) is 117 Å². The summed E-state index contributed by atoms with van der Waals surface area (Å²) < 4.78 is 35.4. The van der Waals surface area contributed by atoms with Gasteiger partial charge in [0.1, 0.15) is 0 Å². The van der Waals surface area contributed by atoms with Gasteiger partial charge in [-0.1, -0.05) is 301 Å². The molecule has 0 spiro atoms. The Kier molecular flexibility index (Phi) is 29.1. The lowest BCUT2D eigenvalue weighted by atomic mass is 9.69. The van der Waals surface area contributed by atoms with E-state index in [4.69, 9.17) is 4.99 Å². The van der Waals surface area contributed by atoms with Crippen molar-refractivity contribution in [1.29, 1.82) is 0 Å². The van der Waals surface area contributed by atoms with Gasteiger partial charge in [0.2, 0.25) is 0 Å². The minimum atomic E-state index is -0.881. The molecule has 4 aromatic carbocycles. The Morgan fingerprint density at radius 2 is 1.08 bits per heavy atom. The van der Waals surface area contributed by atoms with E-state index >= 15 is 8.78 Å². The third kappa shape index (κ3) is 19.4. The van der Waals surface area contributed by atoms with Crippen molar-refractivity contribution in [3.8, 4) is 0 Å². The first-order valence-electron chi connectivity index (χ1n) is 33.0. The molecular formula is C81H113F2N. The van der Waals surface area contributed by atoms with E-state index in [2.05, 4.69) is 221 Å². The van der Waals surface area contributed by atoms with Crippen molar-refractivity contribution in [2.45, 2.75) is 252 Å². The Hall–Kier alpha value is -5.67. The normalized spacial score (nSPS) is 14.5. The van der Waals surface area contributed by atoms with Crippen molar-refractivity contribution in [1.82, 2.24) is 0 Å². The van der Waals surface area contributed by atoms with E-state index in [0.717, 1.165) is 65.5 Å². The van der Waals surface area contributed by atoms with Gasteiger partial charge in [-0.05, 0) is 150 Å². The summed E-state index contributed by atoms with van der Waals surface area (Å²) >= 11 is 0. The fourth-order valence-electron chi connectivity index (χ4n) is 11.5. The number of hydrogen-bond acceptors (Lipinski definition) is 1.